The van der Waals surface area contributed by atoms with Gasteiger partial charge >= 0.3 is 0 Å². The number of hydrogen-bond donors (Lipinski definition) is 0. The molecule has 0 N–H and O–H groups in total. The smallest absolute Gasteiger partial charge is 0.145 e. The van der Waals surface area contributed by atoms with Gasteiger partial charge in [0.1, 0.15) is 5.65 Å². The van der Waals surface area contributed by atoms with Crippen molar-refractivity contribution < 1.29 is 0 Å². The van der Waals surface area contributed by atoms with Gasteiger partial charge in [0, 0.05) is 55.8 Å². The zero-order valence-electron chi connectivity index (χ0n) is 30.4. The van der Waals surface area contributed by atoms with Crippen LogP contribution in [0, 0.1) is 0 Å². The highest BCUT2D eigenvalue weighted by Crippen LogP contribution is 2.41. The van der Waals surface area contributed by atoms with Crippen molar-refractivity contribution in [1.82, 2.24) is 19.1 Å². The third kappa shape index (κ3) is 5.23. The first-order valence-corrected chi connectivity index (χ1v) is 19.0. The van der Waals surface area contributed by atoms with Crippen molar-refractivity contribution in [3.8, 4) is 56.1 Å². The summed E-state index contributed by atoms with van der Waals surface area (Å²) in [6.07, 6.45) is 1.89. The molecule has 262 valence electrons. The normalized spacial score (nSPS) is 11.6. The fraction of sp³-hybridized carbons (Fsp3) is 0. The number of hydrogen-bond acceptors (Lipinski definition) is 2. The molecule has 11 rings (SSSR count). The maximum absolute atomic E-state index is 5.25. The predicted molar refractivity (Wildman–Crippen MR) is 232 cm³/mol. The van der Waals surface area contributed by atoms with Crippen LogP contribution in [0.3, 0.4) is 0 Å². The Balaban J connectivity index is 1.12. The maximum Gasteiger partial charge on any atom is 0.145 e. The molecule has 0 atom stereocenters. The van der Waals surface area contributed by atoms with E-state index in [1.807, 2.05) is 18.3 Å². The summed E-state index contributed by atoms with van der Waals surface area (Å²) >= 11 is 0. The number of benzene rings is 7. The van der Waals surface area contributed by atoms with Gasteiger partial charge in [0.25, 0.3) is 0 Å². The largest absolute Gasteiger partial charge is 0.309 e. The van der Waals surface area contributed by atoms with E-state index in [9.17, 15) is 0 Å². The highest BCUT2D eigenvalue weighted by atomic mass is 15.0. The maximum atomic E-state index is 5.25. The number of rotatable bonds is 6. The van der Waals surface area contributed by atoms with Gasteiger partial charge in [0.15, 0.2) is 0 Å². The van der Waals surface area contributed by atoms with Gasteiger partial charge in [-0.05, 0) is 77.4 Å². The van der Waals surface area contributed by atoms with E-state index in [2.05, 4.69) is 197 Å². The number of pyridine rings is 2. The Kier molecular flexibility index (Phi) is 7.46. The third-order valence-corrected chi connectivity index (χ3v) is 10.9. The zero-order valence-corrected chi connectivity index (χ0v) is 30.4. The second-order valence-corrected chi connectivity index (χ2v) is 14.2. The summed E-state index contributed by atoms with van der Waals surface area (Å²) < 4.78 is 4.72. The molecule has 0 fully saturated rings. The van der Waals surface area contributed by atoms with Crippen molar-refractivity contribution in [2.45, 2.75) is 0 Å². The summed E-state index contributed by atoms with van der Waals surface area (Å²) in [5.41, 5.74) is 15.2. The van der Waals surface area contributed by atoms with E-state index in [0.717, 1.165) is 72.5 Å². The first-order valence-electron chi connectivity index (χ1n) is 19.0. The van der Waals surface area contributed by atoms with E-state index >= 15 is 0 Å². The van der Waals surface area contributed by atoms with Gasteiger partial charge in [-0.15, -0.1) is 0 Å². The highest BCUT2D eigenvalue weighted by molar-refractivity contribution is 6.15. The predicted octanol–water partition coefficient (Wildman–Crippen LogP) is 13.3. The second-order valence-electron chi connectivity index (χ2n) is 14.2. The van der Waals surface area contributed by atoms with Gasteiger partial charge in [-0.3, -0.25) is 4.57 Å². The third-order valence-electron chi connectivity index (χ3n) is 10.9. The van der Waals surface area contributed by atoms with Gasteiger partial charge < -0.3 is 4.57 Å². The van der Waals surface area contributed by atoms with Crippen LogP contribution in [0.4, 0.5) is 0 Å². The van der Waals surface area contributed by atoms with E-state index in [1.165, 1.54) is 27.4 Å². The lowest BCUT2D eigenvalue weighted by atomic mass is 9.99. The number of nitrogens with zero attached hydrogens (tertiary/aromatic N) is 4. The minimum Gasteiger partial charge on any atom is -0.309 e. The summed E-state index contributed by atoms with van der Waals surface area (Å²) in [5, 5.41) is 4.75. The van der Waals surface area contributed by atoms with Crippen molar-refractivity contribution in [2.24, 2.45) is 0 Å². The monoisotopic (exact) mass is 714 g/mol. The molecule has 4 nitrogen and oxygen atoms in total. The average Bonchev–Trinajstić information content (AvgIpc) is 3.80. The molecule has 4 heterocycles. The zero-order chi connectivity index (χ0) is 37.0. The van der Waals surface area contributed by atoms with Crippen molar-refractivity contribution in [2.75, 3.05) is 0 Å². The van der Waals surface area contributed by atoms with Crippen LogP contribution < -0.4 is 0 Å². The standard InChI is InChI=1S/C52H34N4/c1-4-15-35(16-5-1)39-32-47(36-17-6-2-7-18-36)54-48(33-39)38-19-12-22-41(31-38)56-50-34-37(28-29-44(50)46-26-14-30-53-52(46)56)42-24-13-25-45-43-23-10-11-27-49(43)55(51(42)45)40-20-8-3-9-21-40/h1-34H. The molecule has 7 aromatic carbocycles. The minimum absolute atomic E-state index is 0.918. The van der Waals surface area contributed by atoms with E-state index in [0.29, 0.717) is 0 Å². The SMILES string of the molecule is c1ccc(-c2cc(-c3ccccc3)nc(-c3cccc(-n4c5cc(-c6cccc7c8ccccc8n(-c8ccccc8)c67)ccc5c5cccnc54)c3)c2)cc1. The molecular weight excluding hydrogens is 681 g/mol. The van der Waals surface area contributed by atoms with Crippen LogP contribution in [0.2, 0.25) is 0 Å². The molecule has 0 aliphatic carbocycles. The molecule has 0 radical (unpaired) electrons. The Hall–Kier alpha value is -7.56. The highest BCUT2D eigenvalue weighted by Gasteiger charge is 2.19. The molecule has 0 unspecified atom stereocenters. The summed E-state index contributed by atoms with van der Waals surface area (Å²) in [4.78, 5) is 10.2. The first-order chi connectivity index (χ1) is 27.8. The molecule has 0 amide bonds. The molecular formula is C52H34N4. The molecule has 56 heavy (non-hydrogen) atoms. The van der Waals surface area contributed by atoms with Crippen molar-refractivity contribution in [3.63, 3.8) is 0 Å². The quantitative estimate of drug-likeness (QED) is 0.172. The molecule has 0 aliphatic rings. The van der Waals surface area contributed by atoms with Crippen LogP contribution in [0.15, 0.2) is 206 Å². The Morgan fingerprint density at radius 3 is 1.79 bits per heavy atom. The molecule has 0 saturated carbocycles. The lowest BCUT2D eigenvalue weighted by molar-refractivity contribution is 1.13. The van der Waals surface area contributed by atoms with Gasteiger partial charge in [-0.25, -0.2) is 9.97 Å². The molecule has 0 bridgehead atoms. The van der Waals surface area contributed by atoms with Crippen LogP contribution in [-0.4, -0.2) is 19.1 Å². The van der Waals surface area contributed by atoms with Crippen LogP contribution >= 0.6 is 0 Å². The Morgan fingerprint density at radius 1 is 0.339 bits per heavy atom. The fourth-order valence-corrected chi connectivity index (χ4v) is 8.41. The molecule has 4 heteroatoms. The van der Waals surface area contributed by atoms with Gasteiger partial charge in [0.05, 0.1) is 27.9 Å². The second kappa shape index (κ2) is 13.1. The molecule has 4 aromatic heterocycles. The summed E-state index contributed by atoms with van der Waals surface area (Å²) in [7, 11) is 0. The Bertz CT molecular complexity index is 3170. The summed E-state index contributed by atoms with van der Waals surface area (Å²) in [6.45, 7) is 0. The molecule has 0 saturated heterocycles. The van der Waals surface area contributed by atoms with E-state index < -0.39 is 0 Å². The molecule has 11 aromatic rings. The van der Waals surface area contributed by atoms with Crippen LogP contribution in [0.1, 0.15) is 0 Å². The molecule has 0 aliphatic heterocycles. The van der Waals surface area contributed by atoms with Crippen molar-refractivity contribution >= 4 is 43.7 Å². The van der Waals surface area contributed by atoms with Crippen LogP contribution in [0.25, 0.3) is 99.9 Å². The van der Waals surface area contributed by atoms with Crippen LogP contribution in [0.5, 0.6) is 0 Å². The number of fused-ring (bicyclic) bond motifs is 6. The summed E-state index contributed by atoms with van der Waals surface area (Å²) in [5.74, 6) is 0. The Labute approximate surface area is 324 Å². The van der Waals surface area contributed by atoms with Gasteiger partial charge in [0.2, 0.25) is 0 Å². The average molecular weight is 715 g/mol. The van der Waals surface area contributed by atoms with Crippen molar-refractivity contribution in [3.05, 3.63) is 206 Å². The van der Waals surface area contributed by atoms with E-state index in [1.54, 1.807) is 0 Å². The minimum atomic E-state index is 0.918. The molecule has 0 spiro atoms. The fourth-order valence-electron chi connectivity index (χ4n) is 8.41. The van der Waals surface area contributed by atoms with Crippen LogP contribution in [-0.2, 0) is 0 Å². The number of para-hydroxylation sites is 3. The Morgan fingerprint density at radius 2 is 0.964 bits per heavy atom. The topological polar surface area (TPSA) is 35.6 Å². The van der Waals surface area contributed by atoms with E-state index in [4.69, 9.17) is 9.97 Å². The van der Waals surface area contributed by atoms with Crippen molar-refractivity contribution in [1.29, 1.82) is 0 Å². The summed E-state index contributed by atoms with van der Waals surface area (Å²) in [6, 6.07) is 71.2. The van der Waals surface area contributed by atoms with Gasteiger partial charge in [-0.2, -0.15) is 0 Å². The van der Waals surface area contributed by atoms with E-state index in [-0.39, 0.29) is 0 Å². The lowest BCUT2D eigenvalue weighted by Crippen LogP contribution is -1.97. The van der Waals surface area contributed by atoms with Gasteiger partial charge in [-0.1, -0.05) is 140 Å². The number of aromatic nitrogens is 4. The lowest BCUT2D eigenvalue weighted by Gasteiger charge is -2.14. The first kappa shape index (κ1) is 31.9.